The number of carbonyl (C=O) groups excluding carboxylic acids is 1. The number of H-pyrrole nitrogens is 2. The predicted molar refractivity (Wildman–Crippen MR) is 93.5 cm³/mol. The Labute approximate surface area is 139 Å². The number of benzene rings is 1. The second-order valence-corrected chi connectivity index (χ2v) is 5.50. The Morgan fingerprint density at radius 2 is 1.71 bits per heavy atom. The van der Waals surface area contributed by atoms with Gasteiger partial charge >= 0.3 is 6.03 Å². The molecule has 130 valence electrons. The lowest BCUT2D eigenvalue weighted by atomic mass is 10.1. The zero-order chi connectivity index (χ0) is 17.4. The summed E-state index contributed by atoms with van der Waals surface area (Å²) in [5.41, 5.74) is 0.426. The average molecular weight is 333 g/mol. The molecular weight excluding hydrogens is 310 g/mol. The van der Waals surface area contributed by atoms with E-state index in [0.29, 0.717) is 17.3 Å². The second kappa shape index (κ2) is 8.88. The highest BCUT2D eigenvalue weighted by molar-refractivity contribution is 5.81. The Bertz CT molecular complexity index is 796. The minimum Gasteiger partial charge on any atom is -0.341 e. The predicted octanol–water partition coefficient (Wildman–Crippen LogP) is 0.0577. The van der Waals surface area contributed by atoms with Crippen LogP contribution in [-0.4, -0.2) is 42.9 Å². The molecule has 0 saturated heterocycles. The first-order valence-electron chi connectivity index (χ1n) is 8.01. The minimum absolute atomic E-state index is 0.159. The van der Waals surface area contributed by atoms with Crippen molar-refractivity contribution in [1.29, 1.82) is 0 Å². The molecule has 0 saturated carbocycles. The van der Waals surface area contributed by atoms with E-state index in [0.717, 1.165) is 37.9 Å². The van der Waals surface area contributed by atoms with Crippen molar-refractivity contribution in [2.45, 2.75) is 19.3 Å². The van der Waals surface area contributed by atoms with Gasteiger partial charge in [-0.3, -0.25) is 19.8 Å². The van der Waals surface area contributed by atoms with Crippen molar-refractivity contribution in [3.63, 3.8) is 0 Å². The monoisotopic (exact) mass is 333 g/mol. The van der Waals surface area contributed by atoms with E-state index in [1.807, 2.05) is 6.07 Å². The summed E-state index contributed by atoms with van der Waals surface area (Å²) in [7, 11) is 1.59. The molecule has 0 aliphatic carbocycles. The highest BCUT2D eigenvalue weighted by Crippen LogP contribution is 2.08. The van der Waals surface area contributed by atoms with Crippen molar-refractivity contribution in [3.8, 4) is 0 Å². The van der Waals surface area contributed by atoms with Crippen molar-refractivity contribution >= 4 is 16.8 Å². The van der Waals surface area contributed by atoms with Crippen LogP contribution in [0.1, 0.15) is 18.4 Å². The van der Waals surface area contributed by atoms with E-state index in [2.05, 4.69) is 26.1 Å². The number of aromatic amines is 2. The van der Waals surface area contributed by atoms with Crippen molar-refractivity contribution in [1.82, 2.24) is 26.1 Å². The third-order valence-corrected chi connectivity index (χ3v) is 3.75. The van der Waals surface area contributed by atoms with Crippen molar-refractivity contribution < 1.29 is 4.79 Å². The number of hydrogen-bond donors (Lipinski definition) is 5. The van der Waals surface area contributed by atoms with Crippen LogP contribution in [0.5, 0.6) is 0 Å². The van der Waals surface area contributed by atoms with Gasteiger partial charge in [0.25, 0.3) is 11.1 Å². The van der Waals surface area contributed by atoms with Gasteiger partial charge in [-0.25, -0.2) is 4.79 Å². The van der Waals surface area contributed by atoms with Gasteiger partial charge in [-0.1, -0.05) is 6.07 Å². The number of urea groups is 1. The summed E-state index contributed by atoms with van der Waals surface area (Å²) in [4.78, 5) is 34.3. The molecule has 2 aromatic rings. The molecule has 0 bridgehead atoms. The highest BCUT2D eigenvalue weighted by atomic mass is 16.2. The van der Waals surface area contributed by atoms with Crippen LogP contribution in [0.2, 0.25) is 0 Å². The fourth-order valence-corrected chi connectivity index (χ4v) is 2.40. The SMILES string of the molecule is CNC(=O)NCCCCNCCc1ccc2c(=O)[nH][nH]c(=O)c2c1. The van der Waals surface area contributed by atoms with Crippen LogP contribution in [0.4, 0.5) is 4.79 Å². The molecule has 0 aliphatic rings. The van der Waals surface area contributed by atoms with E-state index in [1.165, 1.54) is 0 Å². The Morgan fingerprint density at radius 3 is 2.46 bits per heavy atom. The summed E-state index contributed by atoms with van der Waals surface area (Å²) in [6, 6.07) is 5.15. The fraction of sp³-hybridized carbons (Fsp3) is 0.438. The average Bonchev–Trinajstić information content (AvgIpc) is 2.60. The molecule has 1 aromatic carbocycles. The number of amides is 2. The van der Waals surface area contributed by atoms with Crippen LogP contribution in [0.25, 0.3) is 10.8 Å². The van der Waals surface area contributed by atoms with Gasteiger partial charge in [-0.15, -0.1) is 0 Å². The lowest BCUT2D eigenvalue weighted by Gasteiger charge is -2.07. The first-order chi connectivity index (χ1) is 11.6. The van der Waals surface area contributed by atoms with Crippen LogP contribution >= 0.6 is 0 Å². The smallest absolute Gasteiger partial charge is 0.314 e. The van der Waals surface area contributed by atoms with Gasteiger partial charge in [-0.2, -0.15) is 0 Å². The van der Waals surface area contributed by atoms with E-state index in [1.54, 1.807) is 19.2 Å². The number of nitrogens with one attached hydrogen (secondary N) is 5. The molecule has 5 N–H and O–H groups in total. The van der Waals surface area contributed by atoms with Crippen molar-refractivity contribution in [2.24, 2.45) is 0 Å². The molecule has 1 aromatic heterocycles. The van der Waals surface area contributed by atoms with Crippen molar-refractivity contribution in [3.05, 3.63) is 44.5 Å². The summed E-state index contributed by atoms with van der Waals surface area (Å²) in [6.07, 6.45) is 2.66. The molecule has 24 heavy (non-hydrogen) atoms. The van der Waals surface area contributed by atoms with Crippen molar-refractivity contribution in [2.75, 3.05) is 26.7 Å². The van der Waals surface area contributed by atoms with Crippen LogP contribution in [0.3, 0.4) is 0 Å². The van der Waals surface area contributed by atoms with Crippen LogP contribution in [0, 0.1) is 0 Å². The zero-order valence-corrected chi connectivity index (χ0v) is 13.7. The third kappa shape index (κ3) is 4.95. The summed E-state index contributed by atoms with van der Waals surface area (Å²) in [6.45, 7) is 2.31. The van der Waals surface area contributed by atoms with Gasteiger partial charge < -0.3 is 16.0 Å². The topological polar surface area (TPSA) is 119 Å². The Balaban J connectivity index is 1.72. The maximum absolute atomic E-state index is 11.8. The Hall–Kier alpha value is -2.61. The molecule has 0 atom stereocenters. The van der Waals surface area contributed by atoms with E-state index in [-0.39, 0.29) is 17.1 Å². The third-order valence-electron chi connectivity index (χ3n) is 3.75. The first kappa shape index (κ1) is 17.7. The minimum atomic E-state index is -0.292. The number of rotatable bonds is 8. The van der Waals surface area contributed by atoms with Crippen LogP contribution in [-0.2, 0) is 6.42 Å². The van der Waals surface area contributed by atoms with Gasteiger partial charge in [0.15, 0.2) is 0 Å². The first-order valence-corrected chi connectivity index (χ1v) is 8.01. The van der Waals surface area contributed by atoms with E-state index in [9.17, 15) is 14.4 Å². The summed E-state index contributed by atoms with van der Waals surface area (Å²) >= 11 is 0. The van der Waals surface area contributed by atoms with Gasteiger partial charge in [0.1, 0.15) is 0 Å². The molecule has 1 heterocycles. The molecule has 2 rings (SSSR count). The van der Waals surface area contributed by atoms with Gasteiger partial charge in [0, 0.05) is 13.6 Å². The van der Waals surface area contributed by atoms with Gasteiger partial charge in [-0.05, 0) is 50.0 Å². The summed E-state index contributed by atoms with van der Waals surface area (Å²) in [5, 5.41) is 14.0. The van der Waals surface area contributed by atoms with E-state index < -0.39 is 0 Å². The fourth-order valence-electron chi connectivity index (χ4n) is 2.40. The highest BCUT2D eigenvalue weighted by Gasteiger charge is 2.04. The van der Waals surface area contributed by atoms with Crippen LogP contribution < -0.4 is 27.1 Å². The second-order valence-electron chi connectivity index (χ2n) is 5.50. The molecule has 0 fully saturated rings. The molecule has 8 heteroatoms. The summed E-state index contributed by atoms with van der Waals surface area (Å²) in [5.74, 6) is 0. The largest absolute Gasteiger partial charge is 0.341 e. The number of unbranched alkanes of at least 4 members (excludes halogenated alkanes) is 1. The Kier molecular flexibility index (Phi) is 6.56. The molecule has 8 nitrogen and oxygen atoms in total. The standard InChI is InChI=1S/C16H23N5O3/c1-17-16(24)19-8-3-2-7-18-9-6-11-4-5-12-13(10-11)15(23)21-20-14(12)22/h4-5,10,18H,2-3,6-9H2,1H3,(H,20,22)(H,21,23)(H2,17,19,24). The number of fused-ring (bicyclic) bond motifs is 1. The Morgan fingerprint density at radius 1 is 1.00 bits per heavy atom. The lowest BCUT2D eigenvalue weighted by Crippen LogP contribution is -2.33. The van der Waals surface area contributed by atoms with Gasteiger partial charge in [0.05, 0.1) is 10.8 Å². The molecule has 0 unspecified atom stereocenters. The number of carbonyl (C=O) groups is 1. The molecule has 0 spiro atoms. The number of aromatic nitrogens is 2. The molecule has 0 aliphatic heterocycles. The normalized spacial score (nSPS) is 10.7. The van der Waals surface area contributed by atoms with E-state index >= 15 is 0 Å². The summed E-state index contributed by atoms with van der Waals surface area (Å²) < 4.78 is 0. The maximum Gasteiger partial charge on any atom is 0.314 e. The van der Waals surface area contributed by atoms with E-state index in [4.69, 9.17) is 0 Å². The number of hydrogen-bond acceptors (Lipinski definition) is 4. The molecular formula is C16H23N5O3. The molecule has 0 radical (unpaired) electrons. The lowest BCUT2D eigenvalue weighted by molar-refractivity contribution is 0.242. The van der Waals surface area contributed by atoms with Gasteiger partial charge in [0.2, 0.25) is 0 Å². The quantitative estimate of drug-likeness (QED) is 0.439. The maximum atomic E-state index is 11.8. The molecule has 2 amide bonds. The van der Waals surface area contributed by atoms with Crippen LogP contribution in [0.15, 0.2) is 27.8 Å². The zero-order valence-electron chi connectivity index (χ0n) is 13.7.